The van der Waals surface area contributed by atoms with Crippen molar-refractivity contribution in [2.75, 3.05) is 38.2 Å². The molecule has 0 saturated carbocycles. The number of guanidine groups is 1. The SMILES string of the molecule is CCCOc1cccc(CCNC(=NCCSC)NCC)c1.I. The molecular formula is C17H30IN3OS. The summed E-state index contributed by atoms with van der Waals surface area (Å²) >= 11 is 1.81. The Balaban J connectivity index is 0.00000484. The van der Waals surface area contributed by atoms with Crippen LogP contribution in [0, 0.1) is 0 Å². The molecule has 0 aliphatic heterocycles. The van der Waals surface area contributed by atoms with Gasteiger partial charge in [0.1, 0.15) is 5.75 Å². The number of nitrogens with one attached hydrogen (secondary N) is 2. The summed E-state index contributed by atoms with van der Waals surface area (Å²) in [4.78, 5) is 4.54. The summed E-state index contributed by atoms with van der Waals surface area (Å²) in [5.74, 6) is 2.91. The fourth-order valence-corrected chi connectivity index (χ4v) is 2.20. The zero-order chi connectivity index (χ0) is 16.0. The van der Waals surface area contributed by atoms with E-state index in [-0.39, 0.29) is 24.0 Å². The minimum Gasteiger partial charge on any atom is -0.494 e. The lowest BCUT2D eigenvalue weighted by molar-refractivity contribution is 0.317. The number of aliphatic imine (C=N–C) groups is 1. The number of hydrogen-bond donors (Lipinski definition) is 2. The van der Waals surface area contributed by atoms with E-state index in [4.69, 9.17) is 4.74 Å². The highest BCUT2D eigenvalue weighted by Crippen LogP contribution is 2.13. The summed E-state index contributed by atoms with van der Waals surface area (Å²) in [5, 5.41) is 6.65. The lowest BCUT2D eigenvalue weighted by Crippen LogP contribution is -2.38. The molecular weight excluding hydrogens is 421 g/mol. The molecule has 0 amide bonds. The first kappa shape index (κ1) is 22.4. The third kappa shape index (κ3) is 10.7. The molecule has 4 nitrogen and oxygen atoms in total. The maximum Gasteiger partial charge on any atom is 0.191 e. The molecule has 2 N–H and O–H groups in total. The zero-order valence-electron chi connectivity index (χ0n) is 14.4. The summed E-state index contributed by atoms with van der Waals surface area (Å²) in [6.07, 6.45) is 4.09. The van der Waals surface area contributed by atoms with Crippen molar-refractivity contribution in [3.05, 3.63) is 29.8 Å². The van der Waals surface area contributed by atoms with Gasteiger partial charge in [-0.1, -0.05) is 19.1 Å². The minimum atomic E-state index is 0. The van der Waals surface area contributed by atoms with Gasteiger partial charge in [-0.05, 0) is 43.7 Å². The van der Waals surface area contributed by atoms with Crippen LogP contribution in [0.2, 0.25) is 0 Å². The second-order valence-electron chi connectivity index (χ2n) is 4.93. The van der Waals surface area contributed by atoms with Crippen molar-refractivity contribution in [3.63, 3.8) is 0 Å². The number of hydrogen-bond acceptors (Lipinski definition) is 3. The fourth-order valence-electron chi connectivity index (χ4n) is 1.93. The number of halogens is 1. The van der Waals surface area contributed by atoms with E-state index >= 15 is 0 Å². The predicted octanol–water partition coefficient (Wildman–Crippen LogP) is 3.55. The molecule has 1 aromatic rings. The molecule has 0 heterocycles. The van der Waals surface area contributed by atoms with Crippen LogP contribution in [-0.2, 0) is 6.42 Å². The summed E-state index contributed by atoms with van der Waals surface area (Å²) in [7, 11) is 0. The van der Waals surface area contributed by atoms with Crippen molar-refractivity contribution in [1.82, 2.24) is 10.6 Å². The minimum absolute atomic E-state index is 0. The van der Waals surface area contributed by atoms with Gasteiger partial charge in [-0.25, -0.2) is 0 Å². The van der Waals surface area contributed by atoms with Crippen LogP contribution >= 0.6 is 35.7 Å². The van der Waals surface area contributed by atoms with Crippen LogP contribution in [0.4, 0.5) is 0 Å². The molecule has 6 heteroatoms. The topological polar surface area (TPSA) is 45.6 Å². The van der Waals surface area contributed by atoms with Gasteiger partial charge in [0.25, 0.3) is 0 Å². The van der Waals surface area contributed by atoms with E-state index in [0.29, 0.717) is 0 Å². The van der Waals surface area contributed by atoms with Gasteiger partial charge in [0.15, 0.2) is 5.96 Å². The van der Waals surface area contributed by atoms with E-state index in [1.165, 1.54) is 5.56 Å². The van der Waals surface area contributed by atoms with Gasteiger partial charge in [-0.15, -0.1) is 24.0 Å². The van der Waals surface area contributed by atoms with E-state index in [0.717, 1.165) is 56.5 Å². The molecule has 0 spiro atoms. The Labute approximate surface area is 162 Å². The maximum absolute atomic E-state index is 5.67. The van der Waals surface area contributed by atoms with Crippen LogP contribution in [0.3, 0.4) is 0 Å². The van der Waals surface area contributed by atoms with Crippen molar-refractivity contribution in [1.29, 1.82) is 0 Å². The van der Waals surface area contributed by atoms with Crippen LogP contribution in [0.1, 0.15) is 25.8 Å². The summed E-state index contributed by atoms with van der Waals surface area (Å²) in [5.41, 5.74) is 1.28. The Morgan fingerprint density at radius 2 is 2.09 bits per heavy atom. The van der Waals surface area contributed by atoms with E-state index < -0.39 is 0 Å². The highest BCUT2D eigenvalue weighted by Gasteiger charge is 1.99. The second kappa shape index (κ2) is 14.9. The van der Waals surface area contributed by atoms with Crippen LogP contribution in [0.15, 0.2) is 29.3 Å². The molecule has 0 atom stereocenters. The average molecular weight is 451 g/mol. The van der Waals surface area contributed by atoms with Gasteiger partial charge in [0, 0.05) is 18.8 Å². The highest BCUT2D eigenvalue weighted by atomic mass is 127. The Morgan fingerprint density at radius 3 is 2.78 bits per heavy atom. The first-order chi connectivity index (χ1) is 10.8. The van der Waals surface area contributed by atoms with Gasteiger partial charge in [-0.2, -0.15) is 11.8 Å². The number of benzene rings is 1. The van der Waals surface area contributed by atoms with Gasteiger partial charge < -0.3 is 15.4 Å². The number of nitrogens with zero attached hydrogens (tertiary/aromatic N) is 1. The lowest BCUT2D eigenvalue weighted by atomic mass is 10.1. The monoisotopic (exact) mass is 451 g/mol. The van der Waals surface area contributed by atoms with Crippen molar-refractivity contribution < 1.29 is 4.74 Å². The number of rotatable bonds is 10. The molecule has 0 fully saturated rings. The standard InChI is InChI=1S/C17H29N3OS.HI/c1-4-12-21-16-8-6-7-15(14-16)9-10-19-17(18-5-2)20-11-13-22-3;/h6-8,14H,4-5,9-13H2,1-3H3,(H2,18,19,20);1H. The number of thioether (sulfide) groups is 1. The Kier molecular flexibility index (Phi) is 14.5. The molecule has 0 aromatic heterocycles. The lowest BCUT2D eigenvalue weighted by Gasteiger charge is -2.12. The molecule has 0 unspecified atom stereocenters. The molecule has 23 heavy (non-hydrogen) atoms. The van der Waals surface area contributed by atoms with Gasteiger partial charge in [-0.3, -0.25) is 4.99 Å². The van der Waals surface area contributed by atoms with Gasteiger partial charge in [0.2, 0.25) is 0 Å². The Bertz CT molecular complexity index is 444. The predicted molar refractivity (Wildman–Crippen MR) is 114 cm³/mol. The molecule has 1 rings (SSSR count). The van der Waals surface area contributed by atoms with Gasteiger partial charge >= 0.3 is 0 Å². The van der Waals surface area contributed by atoms with Crippen LogP contribution in [0.25, 0.3) is 0 Å². The summed E-state index contributed by atoms with van der Waals surface area (Å²) in [6, 6.07) is 8.33. The van der Waals surface area contributed by atoms with Crippen molar-refractivity contribution in [2.45, 2.75) is 26.7 Å². The number of ether oxygens (including phenoxy) is 1. The van der Waals surface area contributed by atoms with Crippen LogP contribution < -0.4 is 15.4 Å². The van der Waals surface area contributed by atoms with Crippen molar-refractivity contribution >= 4 is 41.7 Å². The molecule has 0 aliphatic rings. The van der Waals surface area contributed by atoms with Crippen LogP contribution in [0.5, 0.6) is 5.75 Å². The third-order valence-electron chi connectivity index (χ3n) is 2.99. The van der Waals surface area contributed by atoms with E-state index in [1.54, 1.807) is 0 Å². The molecule has 0 aliphatic carbocycles. The van der Waals surface area contributed by atoms with Crippen molar-refractivity contribution in [2.24, 2.45) is 4.99 Å². The first-order valence-electron chi connectivity index (χ1n) is 8.03. The summed E-state index contributed by atoms with van der Waals surface area (Å²) in [6.45, 7) is 7.56. The normalized spacial score (nSPS) is 10.8. The second-order valence-corrected chi connectivity index (χ2v) is 5.91. The highest BCUT2D eigenvalue weighted by molar-refractivity contribution is 14.0. The van der Waals surface area contributed by atoms with E-state index in [9.17, 15) is 0 Å². The van der Waals surface area contributed by atoms with Crippen molar-refractivity contribution in [3.8, 4) is 5.75 Å². The zero-order valence-corrected chi connectivity index (χ0v) is 17.6. The quantitative estimate of drug-likeness (QED) is 0.247. The maximum atomic E-state index is 5.67. The average Bonchev–Trinajstić information content (AvgIpc) is 2.53. The molecule has 0 radical (unpaired) electrons. The van der Waals surface area contributed by atoms with E-state index in [2.05, 4.69) is 53.9 Å². The van der Waals surface area contributed by atoms with Gasteiger partial charge in [0.05, 0.1) is 13.2 Å². The first-order valence-corrected chi connectivity index (χ1v) is 9.42. The molecule has 1 aromatic carbocycles. The molecule has 132 valence electrons. The molecule has 0 saturated heterocycles. The Hall–Kier alpha value is -0.630. The largest absolute Gasteiger partial charge is 0.494 e. The smallest absolute Gasteiger partial charge is 0.191 e. The van der Waals surface area contributed by atoms with Crippen LogP contribution in [-0.4, -0.2) is 44.2 Å². The summed E-state index contributed by atoms with van der Waals surface area (Å²) < 4.78 is 5.67. The molecule has 0 bridgehead atoms. The van der Waals surface area contributed by atoms with E-state index in [1.807, 2.05) is 17.8 Å². The fraction of sp³-hybridized carbons (Fsp3) is 0.588. The Morgan fingerprint density at radius 1 is 1.26 bits per heavy atom. The third-order valence-corrected chi connectivity index (χ3v) is 3.58.